The Bertz CT molecular complexity index is 905. The van der Waals surface area contributed by atoms with Crippen LogP contribution in [0.5, 0.6) is 5.75 Å². The molecule has 1 amide bonds. The number of carbonyl (C=O) groups excluding carboxylic acids is 1. The summed E-state index contributed by atoms with van der Waals surface area (Å²) in [5.41, 5.74) is 2.32. The predicted molar refractivity (Wildman–Crippen MR) is 105 cm³/mol. The molecule has 3 atom stereocenters. The molecule has 0 saturated carbocycles. The number of amides is 1. The van der Waals surface area contributed by atoms with Crippen LogP contribution in [0.3, 0.4) is 0 Å². The summed E-state index contributed by atoms with van der Waals surface area (Å²) in [7, 11) is 0. The van der Waals surface area contributed by atoms with E-state index in [0.29, 0.717) is 29.6 Å². The summed E-state index contributed by atoms with van der Waals surface area (Å²) >= 11 is 0. The summed E-state index contributed by atoms with van der Waals surface area (Å²) in [6.45, 7) is 4.60. The second-order valence-electron chi connectivity index (χ2n) is 8.42. The normalized spacial score (nSPS) is 31.1. The van der Waals surface area contributed by atoms with Crippen LogP contribution < -0.4 is 0 Å². The zero-order valence-corrected chi connectivity index (χ0v) is 16.0. The third-order valence-corrected chi connectivity index (χ3v) is 7.09. The van der Waals surface area contributed by atoms with E-state index in [1.54, 1.807) is 25.1 Å². The van der Waals surface area contributed by atoms with Crippen molar-refractivity contribution in [1.29, 1.82) is 0 Å². The van der Waals surface area contributed by atoms with Gasteiger partial charge in [0.2, 0.25) is 0 Å². The highest BCUT2D eigenvalue weighted by molar-refractivity contribution is 5.96. The molecule has 0 aromatic heterocycles. The van der Waals surface area contributed by atoms with Crippen LogP contribution in [0.4, 0.5) is 4.39 Å². The molecule has 4 saturated heterocycles. The molecule has 0 aliphatic carbocycles. The van der Waals surface area contributed by atoms with Crippen LogP contribution in [0.2, 0.25) is 0 Å². The summed E-state index contributed by atoms with van der Waals surface area (Å²) in [5.74, 6) is 0.636. The van der Waals surface area contributed by atoms with Crippen molar-refractivity contribution in [1.82, 2.24) is 9.80 Å². The molecule has 146 valence electrons. The smallest absolute Gasteiger partial charge is 0.254 e. The number of rotatable bonds is 2. The number of hydrogen-bond acceptors (Lipinski definition) is 3. The van der Waals surface area contributed by atoms with Gasteiger partial charge >= 0.3 is 0 Å². The van der Waals surface area contributed by atoms with Gasteiger partial charge in [0.05, 0.1) is 6.04 Å². The van der Waals surface area contributed by atoms with Crippen molar-refractivity contribution < 1.29 is 14.3 Å². The van der Waals surface area contributed by atoms with Gasteiger partial charge in [-0.3, -0.25) is 9.69 Å². The molecule has 28 heavy (non-hydrogen) atoms. The lowest BCUT2D eigenvalue weighted by molar-refractivity contribution is -0.00344. The van der Waals surface area contributed by atoms with Crippen molar-refractivity contribution in [2.45, 2.75) is 37.8 Å². The maximum atomic E-state index is 13.5. The highest BCUT2D eigenvalue weighted by Gasteiger charge is 2.54. The number of fused-ring (bicyclic) bond motifs is 2. The van der Waals surface area contributed by atoms with Crippen LogP contribution >= 0.6 is 0 Å². The van der Waals surface area contributed by atoms with Gasteiger partial charge in [0.1, 0.15) is 11.6 Å². The third kappa shape index (κ3) is 2.64. The average Bonchev–Trinajstić information content (AvgIpc) is 3.14. The van der Waals surface area contributed by atoms with Crippen LogP contribution in [-0.4, -0.2) is 52.5 Å². The van der Waals surface area contributed by atoms with E-state index in [9.17, 15) is 14.3 Å². The van der Waals surface area contributed by atoms with E-state index in [2.05, 4.69) is 4.90 Å². The van der Waals surface area contributed by atoms with E-state index in [4.69, 9.17) is 0 Å². The molecule has 4 aliphatic rings. The summed E-state index contributed by atoms with van der Waals surface area (Å²) < 4.78 is 13.5. The Morgan fingerprint density at radius 3 is 2.50 bits per heavy atom. The summed E-state index contributed by atoms with van der Waals surface area (Å²) in [6, 6.07) is 12.4. The molecule has 6 rings (SSSR count). The minimum absolute atomic E-state index is 0.00163. The van der Waals surface area contributed by atoms with E-state index in [-0.39, 0.29) is 29.4 Å². The summed E-state index contributed by atoms with van der Waals surface area (Å²) in [5, 5.41) is 10.1. The van der Waals surface area contributed by atoms with E-state index in [1.807, 2.05) is 17.0 Å². The number of likely N-dealkylation sites (tertiary alicyclic amines) is 1. The predicted octanol–water partition coefficient (Wildman–Crippen LogP) is 3.54. The molecule has 0 radical (unpaired) electrons. The molecule has 0 spiro atoms. The van der Waals surface area contributed by atoms with Crippen LogP contribution in [0.15, 0.2) is 42.5 Å². The van der Waals surface area contributed by atoms with Gasteiger partial charge in [0.25, 0.3) is 5.91 Å². The van der Waals surface area contributed by atoms with Gasteiger partial charge in [-0.2, -0.15) is 0 Å². The number of phenolic OH excluding ortho intramolecular Hbond substituents is 1. The first kappa shape index (κ1) is 17.7. The Morgan fingerprint density at radius 2 is 1.79 bits per heavy atom. The zero-order valence-electron chi connectivity index (χ0n) is 16.0. The summed E-state index contributed by atoms with van der Waals surface area (Å²) in [4.78, 5) is 18.1. The topological polar surface area (TPSA) is 43.8 Å². The molecule has 1 N–H and O–H groups in total. The first-order chi connectivity index (χ1) is 13.5. The van der Waals surface area contributed by atoms with Gasteiger partial charge < -0.3 is 10.0 Å². The fourth-order valence-corrected chi connectivity index (χ4v) is 5.67. The second kappa shape index (κ2) is 6.59. The first-order valence-electron chi connectivity index (χ1n) is 10.1. The van der Waals surface area contributed by atoms with Gasteiger partial charge in [-0.15, -0.1) is 0 Å². The molecule has 2 aromatic rings. The molecule has 4 fully saturated rings. The number of carbonyl (C=O) groups is 1. The lowest BCUT2D eigenvalue weighted by atomic mass is 9.75. The van der Waals surface area contributed by atoms with Gasteiger partial charge in [-0.05, 0) is 68.6 Å². The molecule has 4 aliphatic heterocycles. The lowest BCUT2D eigenvalue weighted by Crippen LogP contribution is -2.60. The number of aromatic hydroxyl groups is 1. The highest BCUT2D eigenvalue weighted by Crippen LogP contribution is 2.47. The lowest BCUT2D eigenvalue weighted by Gasteiger charge is -2.51. The van der Waals surface area contributed by atoms with Crippen LogP contribution in [-0.2, 0) is 0 Å². The average molecular weight is 380 g/mol. The van der Waals surface area contributed by atoms with Gasteiger partial charge in [-0.1, -0.05) is 18.2 Å². The van der Waals surface area contributed by atoms with Crippen molar-refractivity contribution in [3.63, 3.8) is 0 Å². The summed E-state index contributed by atoms with van der Waals surface area (Å²) in [6.07, 6.45) is 2.25. The van der Waals surface area contributed by atoms with Crippen molar-refractivity contribution >= 4 is 5.91 Å². The van der Waals surface area contributed by atoms with E-state index < -0.39 is 0 Å². The highest BCUT2D eigenvalue weighted by atomic mass is 19.1. The van der Waals surface area contributed by atoms with Crippen LogP contribution in [0.1, 0.15) is 40.2 Å². The maximum absolute atomic E-state index is 13.5. The standard InChI is InChI=1S/C23H25FN2O2/c1-14-18(3-2-4-20(14)27)23(28)26-13-19(15-5-7-17(24)8-6-15)22-21(26)16-9-11-25(22)12-10-16/h2-8,16,19,21-22,27H,9-13H2,1H3/t19-,21+,22+/m0/s1. The van der Waals surface area contributed by atoms with Gasteiger partial charge in [-0.25, -0.2) is 4.39 Å². The first-order valence-corrected chi connectivity index (χ1v) is 10.1. The van der Waals surface area contributed by atoms with Crippen molar-refractivity contribution in [3.05, 3.63) is 65.0 Å². The SMILES string of the molecule is Cc1c(O)cccc1C(=O)N1C[C@@H](c2ccc(F)cc2)[C@@H]2[C@H]1C1CCN2CC1. The van der Waals surface area contributed by atoms with Crippen LogP contribution in [0, 0.1) is 18.7 Å². The Morgan fingerprint density at radius 1 is 1.07 bits per heavy atom. The molecular weight excluding hydrogens is 355 g/mol. The van der Waals surface area contributed by atoms with E-state index >= 15 is 0 Å². The Labute approximate surface area is 164 Å². The Kier molecular flexibility index (Phi) is 4.16. The molecule has 0 unspecified atom stereocenters. The number of piperidine rings is 3. The number of hydrogen-bond donors (Lipinski definition) is 1. The Hall–Kier alpha value is -2.40. The Balaban J connectivity index is 1.54. The number of phenols is 1. The monoisotopic (exact) mass is 380 g/mol. The fourth-order valence-electron chi connectivity index (χ4n) is 5.67. The minimum atomic E-state index is -0.230. The zero-order chi connectivity index (χ0) is 19.4. The molecule has 2 aromatic carbocycles. The van der Waals surface area contributed by atoms with E-state index in [0.717, 1.165) is 31.5 Å². The minimum Gasteiger partial charge on any atom is -0.508 e. The van der Waals surface area contributed by atoms with Crippen molar-refractivity contribution in [2.75, 3.05) is 19.6 Å². The molecular formula is C23H25FN2O2. The molecule has 4 nitrogen and oxygen atoms in total. The third-order valence-electron chi connectivity index (χ3n) is 7.09. The number of halogens is 1. The van der Waals surface area contributed by atoms with Gasteiger partial charge in [0, 0.05) is 29.6 Å². The molecule has 2 bridgehead atoms. The van der Waals surface area contributed by atoms with Crippen LogP contribution in [0.25, 0.3) is 0 Å². The quantitative estimate of drug-likeness (QED) is 0.867. The fraction of sp³-hybridized carbons (Fsp3) is 0.435. The van der Waals surface area contributed by atoms with Crippen molar-refractivity contribution in [2.24, 2.45) is 5.92 Å². The second-order valence-corrected chi connectivity index (χ2v) is 8.42. The molecule has 5 heteroatoms. The number of nitrogens with zero attached hydrogens (tertiary/aromatic N) is 2. The van der Waals surface area contributed by atoms with E-state index in [1.165, 1.54) is 12.1 Å². The molecule has 4 heterocycles. The number of benzene rings is 2. The maximum Gasteiger partial charge on any atom is 0.254 e. The van der Waals surface area contributed by atoms with Crippen molar-refractivity contribution in [3.8, 4) is 5.75 Å². The largest absolute Gasteiger partial charge is 0.508 e. The van der Waals surface area contributed by atoms with Gasteiger partial charge in [0.15, 0.2) is 0 Å².